The van der Waals surface area contributed by atoms with E-state index in [0.717, 1.165) is 4.31 Å². The molecule has 1 amide bonds. The lowest BCUT2D eigenvalue weighted by Gasteiger charge is -2.20. The molecule has 6 nitrogen and oxygen atoms in total. The summed E-state index contributed by atoms with van der Waals surface area (Å²) in [5.41, 5.74) is 0.957. The summed E-state index contributed by atoms with van der Waals surface area (Å²) in [4.78, 5) is 13.0. The molecular formula is C22H21ClN2O4S. The standard InChI is InChI=1S/C22H21ClN2O4S/c1-3-29-21-12-8-7-11-20(21)24-22(26)18-15-16(13-14-19(18)23)25(2)30(27,28)17-9-5-4-6-10-17/h4-15H,3H2,1-2H3,(H,24,26). The van der Waals surface area contributed by atoms with Crippen molar-refractivity contribution >= 4 is 38.9 Å². The zero-order valence-corrected chi connectivity index (χ0v) is 18.1. The smallest absolute Gasteiger partial charge is 0.264 e. The summed E-state index contributed by atoms with van der Waals surface area (Å²) in [7, 11) is -2.35. The fourth-order valence-corrected chi connectivity index (χ4v) is 4.23. The number of carbonyl (C=O) groups excluding carboxylic acids is 1. The quantitative estimate of drug-likeness (QED) is 0.567. The minimum atomic E-state index is -3.78. The summed E-state index contributed by atoms with van der Waals surface area (Å²) < 4.78 is 32.4. The number of carbonyl (C=O) groups is 1. The van der Waals surface area contributed by atoms with Crippen LogP contribution in [0.15, 0.2) is 77.7 Å². The maximum Gasteiger partial charge on any atom is 0.264 e. The van der Waals surface area contributed by atoms with Gasteiger partial charge in [0, 0.05) is 7.05 Å². The van der Waals surface area contributed by atoms with Crippen molar-refractivity contribution in [2.45, 2.75) is 11.8 Å². The number of amides is 1. The summed E-state index contributed by atoms with van der Waals surface area (Å²) in [6.45, 7) is 2.30. The summed E-state index contributed by atoms with van der Waals surface area (Å²) in [5.74, 6) is 0.0592. The topological polar surface area (TPSA) is 75.7 Å². The highest BCUT2D eigenvalue weighted by Crippen LogP contribution is 2.29. The largest absolute Gasteiger partial charge is 0.492 e. The van der Waals surface area contributed by atoms with Crippen molar-refractivity contribution in [3.05, 3.63) is 83.4 Å². The first kappa shape index (κ1) is 21.7. The predicted molar refractivity (Wildman–Crippen MR) is 119 cm³/mol. The Hall–Kier alpha value is -3.03. The number of para-hydroxylation sites is 2. The van der Waals surface area contributed by atoms with Crippen molar-refractivity contribution in [3.63, 3.8) is 0 Å². The minimum absolute atomic E-state index is 0.149. The van der Waals surface area contributed by atoms with Gasteiger partial charge in [0.2, 0.25) is 0 Å². The van der Waals surface area contributed by atoms with Gasteiger partial charge in [0.1, 0.15) is 5.75 Å². The van der Waals surface area contributed by atoms with Gasteiger partial charge in [-0.15, -0.1) is 0 Å². The molecule has 0 aliphatic heterocycles. The molecule has 0 fully saturated rings. The van der Waals surface area contributed by atoms with Crippen molar-refractivity contribution in [2.24, 2.45) is 0 Å². The van der Waals surface area contributed by atoms with E-state index in [-0.39, 0.29) is 15.5 Å². The average Bonchev–Trinajstić information content (AvgIpc) is 2.75. The first-order valence-electron chi connectivity index (χ1n) is 9.21. The van der Waals surface area contributed by atoms with Gasteiger partial charge < -0.3 is 10.1 Å². The molecule has 1 N–H and O–H groups in total. The number of benzene rings is 3. The molecule has 156 valence electrons. The van der Waals surface area contributed by atoms with Gasteiger partial charge in [-0.05, 0) is 49.4 Å². The molecule has 0 aliphatic carbocycles. The highest BCUT2D eigenvalue weighted by Gasteiger charge is 2.23. The van der Waals surface area contributed by atoms with E-state index >= 15 is 0 Å². The van der Waals surface area contributed by atoms with Gasteiger partial charge >= 0.3 is 0 Å². The first-order chi connectivity index (χ1) is 14.3. The molecule has 0 aromatic heterocycles. The number of nitrogens with one attached hydrogen (secondary N) is 1. The first-order valence-corrected chi connectivity index (χ1v) is 11.0. The number of nitrogens with zero attached hydrogens (tertiary/aromatic N) is 1. The molecule has 0 unspecified atom stereocenters. The highest BCUT2D eigenvalue weighted by atomic mass is 35.5. The number of ether oxygens (including phenoxy) is 1. The van der Waals surface area contributed by atoms with Gasteiger partial charge in [-0.2, -0.15) is 0 Å². The van der Waals surface area contributed by atoms with Crippen LogP contribution in [0, 0.1) is 0 Å². The second-order valence-corrected chi connectivity index (χ2v) is 8.71. The molecule has 3 rings (SSSR count). The van der Waals surface area contributed by atoms with Crippen molar-refractivity contribution < 1.29 is 17.9 Å². The molecule has 0 bridgehead atoms. The average molecular weight is 445 g/mol. The number of halogens is 1. The number of hydrogen-bond acceptors (Lipinski definition) is 4. The number of rotatable bonds is 7. The number of sulfonamides is 1. The maximum absolute atomic E-state index is 12.9. The van der Waals surface area contributed by atoms with Crippen LogP contribution >= 0.6 is 11.6 Å². The predicted octanol–water partition coefficient (Wildman–Crippen LogP) is 4.82. The molecule has 30 heavy (non-hydrogen) atoms. The summed E-state index contributed by atoms with van der Waals surface area (Å²) in [6, 6.07) is 19.6. The van der Waals surface area contributed by atoms with Crippen LogP contribution in [-0.2, 0) is 10.0 Å². The Labute approximate surface area is 181 Å². The molecule has 0 saturated heterocycles. The molecule has 3 aromatic carbocycles. The van der Waals surface area contributed by atoms with E-state index in [1.807, 2.05) is 6.92 Å². The van der Waals surface area contributed by atoms with Crippen molar-refractivity contribution in [1.29, 1.82) is 0 Å². The van der Waals surface area contributed by atoms with Gasteiger partial charge in [0.15, 0.2) is 0 Å². The Bertz CT molecular complexity index is 1150. The van der Waals surface area contributed by atoms with Crippen LogP contribution in [0.5, 0.6) is 5.75 Å². The summed E-state index contributed by atoms with van der Waals surface area (Å²) in [6.07, 6.45) is 0. The SMILES string of the molecule is CCOc1ccccc1NC(=O)c1cc(N(C)S(=O)(=O)c2ccccc2)ccc1Cl. The summed E-state index contributed by atoms with van der Waals surface area (Å²) in [5, 5.41) is 2.98. The molecule has 0 aliphatic rings. The Morgan fingerprint density at radius 2 is 1.70 bits per heavy atom. The third-order valence-corrected chi connectivity index (χ3v) is 6.52. The van der Waals surface area contributed by atoms with E-state index in [2.05, 4.69) is 5.32 Å². The third kappa shape index (κ3) is 4.58. The zero-order valence-electron chi connectivity index (χ0n) is 16.5. The molecule has 0 heterocycles. The Kier molecular flexibility index (Phi) is 6.64. The van der Waals surface area contributed by atoms with Crippen LogP contribution in [0.1, 0.15) is 17.3 Å². The second-order valence-electron chi connectivity index (χ2n) is 6.33. The van der Waals surface area contributed by atoms with Gasteiger partial charge in [0.25, 0.3) is 15.9 Å². The van der Waals surface area contributed by atoms with E-state index in [4.69, 9.17) is 16.3 Å². The van der Waals surface area contributed by atoms with Crippen molar-refractivity contribution in [2.75, 3.05) is 23.3 Å². The van der Waals surface area contributed by atoms with E-state index in [1.165, 1.54) is 31.3 Å². The Balaban J connectivity index is 1.91. The molecule has 8 heteroatoms. The molecule has 0 saturated carbocycles. The Morgan fingerprint density at radius 3 is 2.40 bits per heavy atom. The van der Waals surface area contributed by atoms with E-state index < -0.39 is 15.9 Å². The molecule has 3 aromatic rings. The van der Waals surface area contributed by atoms with Crippen LogP contribution in [0.4, 0.5) is 11.4 Å². The lowest BCUT2D eigenvalue weighted by molar-refractivity contribution is 0.102. The number of hydrogen-bond donors (Lipinski definition) is 1. The van der Waals surface area contributed by atoms with Gasteiger partial charge in [-0.3, -0.25) is 9.10 Å². The molecular weight excluding hydrogens is 424 g/mol. The monoisotopic (exact) mass is 444 g/mol. The third-order valence-electron chi connectivity index (χ3n) is 4.39. The van der Waals surface area contributed by atoms with Gasteiger partial charge in [0.05, 0.1) is 33.5 Å². The molecule has 0 atom stereocenters. The van der Waals surface area contributed by atoms with Crippen molar-refractivity contribution in [1.82, 2.24) is 0 Å². The van der Waals surface area contributed by atoms with Gasteiger partial charge in [-0.25, -0.2) is 8.42 Å². The van der Waals surface area contributed by atoms with E-state index in [9.17, 15) is 13.2 Å². The zero-order chi connectivity index (χ0) is 21.7. The highest BCUT2D eigenvalue weighted by molar-refractivity contribution is 7.92. The van der Waals surface area contributed by atoms with Crippen LogP contribution < -0.4 is 14.4 Å². The molecule has 0 radical (unpaired) electrons. The lowest BCUT2D eigenvalue weighted by Crippen LogP contribution is -2.27. The van der Waals surface area contributed by atoms with Crippen LogP contribution in [0.2, 0.25) is 5.02 Å². The lowest BCUT2D eigenvalue weighted by atomic mass is 10.1. The van der Waals surface area contributed by atoms with Crippen LogP contribution in [0.3, 0.4) is 0 Å². The maximum atomic E-state index is 12.9. The van der Waals surface area contributed by atoms with E-state index in [1.54, 1.807) is 48.5 Å². The fraction of sp³-hybridized carbons (Fsp3) is 0.136. The number of anilines is 2. The minimum Gasteiger partial charge on any atom is -0.492 e. The second kappa shape index (κ2) is 9.19. The van der Waals surface area contributed by atoms with Crippen LogP contribution in [0.25, 0.3) is 0 Å². The normalized spacial score (nSPS) is 11.0. The Morgan fingerprint density at radius 1 is 1.03 bits per heavy atom. The van der Waals surface area contributed by atoms with Crippen LogP contribution in [-0.4, -0.2) is 28.0 Å². The molecule has 0 spiro atoms. The van der Waals surface area contributed by atoms with Crippen molar-refractivity contribution in [3.8, 4) is 5.75 Å². The fourth-order valence-electron chi connectivity index (χ4n) is 2.81. The van der Waals surface area contributed by atoms with Gasteiger partial charge in [-0.1, -0.05) is 41.9 Å². The van der Waals surface area contributed by atoms with E-state index in [0.29, 0.717) is 23.7 Å². The summed E-state index contributed by atoms with van der Waals surface area (Å²) >= 11 is 6.23.